The number of H-pyrrole nitrogens is 1. The molecule has 7 heteroatoms. The first-order valence-corrected chi connectivity index (χ1v) is 9.59. The maximum Gasteiger partial charge on any atom is 0.223 e. The molecule has 1 saturated carbocycles. The van der Waals surface area contributed by atoms with Crippen LogP contribution in [0.25, 0.3) is 32.9 Å². The Bertz CT molecular complexity index is 1150. The number of nitrogens with one attached hydrogen (secondary N) is 2. The Labute approximate surface area is 161 Å². The molecule has 3 aromatic heterocycles. The molecule has 0 spiro atoms. The van der Waals surface area contributed by atoms with E-state index < -0.39 is 0 Å². The highest BCUT2D eigenvalue weighted by molar-refractivity contribution is 6.03. The number of aromatic nitrogens is 4. The smallest absolute Gasteiger partial charge is 0.223 e. The summed E-state index contributed by atoms with van der Waals surface area (Å²) in [6, 6.07) is 5.03. The third kappa shape index (κ3) is 2.97. The summed E-state index contributed by atoms with van der Waals surface area (Å²) in [7, 11) is 0. The Kier molecular flexibility index (Phi) is 4.16. The summed E-state index contributed by atoms with van der Waals surface area (Å²) >= 11 is 0. The minimum absolute atomic E-state index is 0.119. The lowest BCUT2D eigenvalue weighted by Crippen LogP contribution is -2.42. The first-order chi connectivity index (χ1) is 13.7. The molecule has 0 unspecified atom stereocenters. The number of halogens is 1. The van der Waals surface area contributed by atoms with Gasteiger partial charge < -0.3 is 16.0 Å². The van der Waals surface area contributed by atoms with Gasteiger partial charge >= 0.3 is 0 Å². The molecule has 4 aromatic rings. The second kappa shape index (κ2) is 6.83. The van der Waals surface area contributed by atoms with Crippen molar-refractivity contribution in [1.82, 2.24) is 19.9 Å². The molecule has 0 aliphatic heterocycles. The molecule has 2 atom stereocenters. The van der Waals surface area contributed by atoms with E-state index in [2.05, 4.69) is 20.3 Å². The minimum Gasteiger partial charge on any atom is -0.360 e. The van der Waals surface area contributed by atoms with E-state index in [0.29, 0.717) is 5.95 Å². The Hall–Kier alpha value is -3.06. The summed E-state index contributed by atoms with van der Waals surface area (Å²) in [6.07, 6.45) is 11.6. The van der Waals surface area contributed by atoms with Crippen molar-refractivity contribution in [1.29, 1.82) is 0 Å². The average molecular weight is 376 g/mol. The molecule has 6 nitrogen and oxygen atoms in total. The zero-order valence-corrected chi connectivity index (χ0v) is 15.3. The molecule has 5 rings (SSSR count). The fraction of sp³-hybridized carbons (Fsp3) is 0.286. The van der Waals surface area contributed by atoms with Crippen molar-refractivity contribution < 1.29 is 4.39 Å². The van der Waals surface area contributed by atoms with Crippen LogP contribution in [0, 0.1) is 5.82 Å². The zero-order chi connectivity index (χ0) is 19.1. The summed E-state index contributed by atoms with van der Waals surface area (Å²) in [5.74, 6) is 0.308. The molecule has 3 heterocycles. The van der Waals surface area contributed by atoms with Gasteiger partial charge in [0.1, 0.15) is 5.82 Å². The van der Waals surface area contributed by atoms with Crippen molar-refractivity contribution in [3.05, 3.63) is 48.8 Å². The lowest BCUT2D eigenvalue weighted by molar-refractivity contribution is 0.402. The third-order valence-electron chi connectivity index (χ3n) is 5.56. The van der Waals surface area contributed by atoms with Gasteiger partial charge in [-0.1, -0.05) is 12.8 Å². The maximum atomic E-state index is 13.5. The number of aromatic amines is 1. The number of hydrogen-bond acceptors (Lipinski definition) is 5. The normalized spacial score (nSPS) is 19.9. The van der Waals surface area contributed by atoms with E-state index in [4.69, 9.17) is 10.7 Å². The van der Waals surface area contributed by atoms with Gasteiger partial charge in [0.2, 0.25) is 5.95 Å². The SMILES string of the molecule is N[C@H]1CCCC[C@H]1Nc1ncc2cncc(-c3c[nH]c4cc(F)ccc34)c2n1. The number of hydrogen-bond donors (Lipinski definition) is 3. The predicted octanol–water partition coefficient (Wildman–Crippen LogP) is 3.99. The first kappa shape index (κ1) is 17.1. The number of nitrogens with zero attached hydrogens (tertiary/aromatic N) is 3. The predicted molar refractivity (Wildman–Crippen MR) is 108 cm³/mol. The largest absolute Gasteiger partial charge is 0.360 e. The fourth-order valence-electron chi connectivity index (χ4n) is 4.05. The molecule has 0 radical (unpaired) electrons. The van der Waals surface area contributed by atoms with Gasteiger partial charge in [-0.2, -0.15) is 0 Å². The Morgan fingerprint density at radius 3 is 2.89 bits per heavy atom. The van der Waals surface area contributed by atoms with Crippen LogP contribution in [0.1, 0.15) is 25.7 Å². The van der Waals surface area contributed by atoms with Crippen LogP contribution in [-0.2, 0) is 0 Å². The van der Waals surface area contributed by atoms with Crippen LogP contribution >= 0.6 is 0 Å². The topological polar surface area (TPSA) is 92.5 Å². The van der Waals surface area contributed by atoms with Gasteiger partial charge in [-0.3, -0.25) is 4.98 Å². The number of benzene rings is 1. The molecule has 4 N–H and O–H groups in total. The summed E-state index contributed by atoms with van der Waals surface area (Å²) in [4.78, 5) is 16.7. The van der Waals surface area contributed by atoms with Crippen LogP contribution in [0.4, 0.5) is 10.3 Å². The molecule has 1 fully saturated rings. The van der Waals surface area contributed by atoms with Crippen LogP contribution in [0.5, 0.6) is 0 Å². The van der Waals surface area contributed by atoms with E-state index in [0.717, 1.165) is 45.8 Å². The van der Waals surface area contributed by atoms with E-state index in [9.17, 15) is 4.39 Å². The molecular formula is C21H21FN6. The van der Waals surface area contributed by atoms with Gasteiger partial charge in [0, 0.05) is 64.3 Å². The summed E-state index contributed by atoms with van der Waals surface area (Å²) < 4.78 is 13.5. The van der Waals surface area contributed by atoms with E-state index in [1.807, 2.05) is 6.20 Å². The van der Waals surface area contributed by atoms with Gasteiger partial charge in [-0.15, -0.1) is 0 Å². The Balaban J connectivity index is 1.59. The van der Waals surface area contributed by atoms with Crippen molar-refractivity contribution in [2.75, 3.05) is 5.32 Å². The van der Waals surface area contributed by atoms with Crippen molar-refractivity contribution in [3.8, 4) is 11.1 Å². The number of pyridine rings is 1. The number of nitrogens with two attached hydrogens (primary N) is 1. The summed E-state index contributed by atoms with van der Waals surface area (Å²) in [6.45, 7) is 0. The van der Waals surface area contributed by atoms with Crippen molar-refractivity contribution in [2.45, 2.75) is 37.8 Å². The molecule has 1 aliphatic rings. The maximum absolute atomic E-state index is 13.5. The highest BCUT2D eigenvalue weighted by Gasteiger charge is 2.22. The van der Waals surface area contributed by atoms with E-state index >= 15 is 0 Å². The van der Waals surface area contributed by atoms with Crippen LogP contribution in [0.3, 0.4) is 0 Å². The zero-order valence-electron chi connectivity index (χ0n) is 15.3. The fourth-order valence-corrected chi connectivity index (χ4v) is 4.05. The quantitative estimate of drug-likeness (QED) is 0.503. The Morgan fingerprint density at radius 1 is 1.11 bits per heavy atom. The van der Waals surface area contributed by atoms with E-state index in [-0.39, 0.29) is 17.9 Å². The molecule has 28 heavy (non-hydrogen) atoms. The molecule has 0 bridgehead atoms. The molecule has 1 aliphatic carbocycles. The monoisotopic (exact) mass is 376 g/mol. The second-order valence-corrected chi connectivity index (χ2v) is 7.41. The van der Waals surface area contributed by atoms with Gasteiger partial charge in [-0.05, 0) is 31.0 Å². The Morgan fingerprint density at radius 2 is 2.00 bits per heavy atom. The van der Waals surface area contributed by atoms with E-state index in [1.54, 1.807) is 24.7 Å². The lowest BCUT2D eigenvalue weighted by atomic mass is 9.91. The average Bonchev–Trinajstić information content (AvgIpc) is 3.12. The minimum atomic E-state index is -0.269. The molecule has 142 valence electrons. The summed E-state index contributed by atoms with van der Waals surface area (Å²) in [5, 5.41) is 5.20. The molecule has 0 amide bonds. The van der Waals surface area contributed by atoms with Crippen molar-refractivity contribution in [3.63, 3.8) is 0 Å². The summed E-state index contributed by atoms with van der Waals surface area (Å²) in [5.41, 5.74) is 9.63. The van der Waals surface area contributed by atoms with Crippen LogP contribution in [0.15, 0.2) is 43.0 Å². The van der Waals surface area contributed by atoms with Gasteiger partial charge in [0.25, 0.3) is 0 Å². The lowest BCUT2D eigenvalue weighted by Gasteiger charge is -2.29. The number of rotatable bonds is 3. The van der Waals surface area contributed by atoms with Gasteiger partial charge in [-0.25, -0.2) is 14.4 Å². The van der Waals surface area contributed by atoms with Crippen molar-refractivity contribution in [2.24, 2.45) is 5.73 Å². The van der Waals surface area contributed by atoms with Crippen LogP contribution in [0.2, 0.25) is 0 Å². The van der Waals surface area contributed by atoms with Gasteiger partial charge in [0.15, 0.2) is 0 Å². The van der Waals surface area contributed by atoms with Crippen molar-refractivity contribution >= 4 is 27.8 Å². The second-order valence-electron chi connectivity index (χ2n) is 7.41. The van der Waals surface area contributed by atoms with E-state index in [1.165, 1.54) is 25.0 Å². The number of fused-ring (bicyclic) bond motifs is 2. The highest BCUT2D eigenvalue weighted by atomic mass is 19.1. The van der Waals surface area contributed by atoms with Gasteiger partial charge in [0.05, 0.1) is 5.52 Å². The highest BCUT2D eigenvalue weighted by Crippen LogP contribution is 2.33. The standard InChI is InChI=1S/C21H21FN6/c22-13-5-6-14-15(11-25-19(14)7-13)16-10-24-8-12-9-26-21(28-20(12)16)27-18-4-2-1-3-17(18)23/h5-11,17-18,25H,1-4,23H2,(H,26,27,28)/t17-,18+/m0/s1. The third-order valence-corrected chi connectivity index (χ3v) is 5.56. The van der Waals surface area contributed by atoms with Crippen LogP contribution < -0.4 is 11.1 Å². The first-order valence-electron chi connectivity index (χ1n) is 9.59. The molecule has 1 aromatic carbocycles. The number of anilines is 1. The molecular weight excluding hydrogens is 355 g/mol. The molecule has 0 saturated heterocycles. The van der Waals surface area contributed by atoms with Crippen LogP contribution in [-0.4, -0.2) is 32.0 Å².